The lowest BCUT2D eigenvalue weighted by Gasteiger charge is -2.27. The lowest BCUT2D eigenvalue weighted by Crippen LogP contribution is -2.38. The number of hydrogen-bond donors (Lipinski definition) is 0. The molecule has 2 heteroatoms. The van der Waals surface area contributed by atoms with Crippen molar-refractivity contribution in [2.24, 2.45) is 0 Å². The Morgan fingerprint density at radius 2 is 1.62 bits per heavy atom. The molecule has 0 aromatic carbocycles. The van der Waals surface area contributed by atoms with Gasteiger partial charge >= 0.3 is 0 Å². The van der Waals surface area contributed by atoms with Gasteiger partial charge in [-0.3, -0.25) is 9.80 Å². The van der Waals surface area contributed by atoms with Gasteiger partial charge in [-0.05, 0) is 40.5 Å². The molecule has 0 aliphatic carbocycles. The van der Waals surface area contributed by atoms with Gasteiger partial charge in [-0.15, -0.1) is 0 Å². The third kappa shape index (κ3) is 1.75. The smallest absolute Gasteiger partial charge is 0.0517 e. The molecule has 2 fully saturated rings. The molecule has 0 spiro atoms. The molecule has 0 amide bonds. The van der Waals surface area contributed by atoms with Crippen LogP contribution in [0, 0.1) is 0 Å². The van der Waals surface area contributed by atoms with Gasteiger partial charge in [0.25, 0.3) is 0 Å². The molecule has 2 heterocycles. The van der Waals surface area contributed by atoms with Gasteiger partial charge in [0.15, 0.2) is 0 Å². The molecule has 76 valence electrons. The van der Waals surface area contributed by atoms with Gasteiger partial charge in [0, 0.05) is 24.2 Å². The molecule has 13 heavy (non-hydrogen) atoms. The quantitative estimate of drug-likeness (QED) is 0.602. The standard InChI is InChI=1S/C11H22N2/c1-9-5-6-10(2)13(9)8-12-7-11(12,3)4/h9-10H,5-8H2,1-4H3. The third-order valence-corrected chi connectivity index (χ3v) is 3.80. The molecule has 0 bridgehead atoms. The highest BCUT2D eigenvalue weighted by Gasteiger charge is 2.44. The van der Waals surface area contributed by atoms with E-state index in [0.29, 0.717) is 5.54 Å². The van der Waals surface area contributed by atoms with Gasteiger partial charge in [0.05, 0.1) is 6.67 Å². The van der Waals surface area contributed by atoms with Crippen LogP contribution in [0.3, 0.4) is 0 Å². The largest absolute Gasteiger partial charge is 0.285 e. The highest BCUT2D eigenvalue weighted by Crippen LogP contribution is 2.33. The predicted octanol–water partition coefficient (Wildman–Crippen LogP) is 1.91. The number of nitrogens with zero attached hydrogens (tertiary/aromatic N) is 2. The van der Waals surface area contributed by atoms with Crippen molar-refractivity contribution in [3.8, 4) is 0 Å². The van der Waals surface area contributed by atoms with E-state index in [1.807, 2.05) is 0 Å². The Hall–Kier alpha value is -0.0800. The summed E-state index contributed by atoms with van der Waals surface area (Å²) in [5, 5.41) is 0. The highest BCUT2D eigenvalue weighted by atomic mass is 15.4. The molecule has 2 rings (SSSR count). The molecule has 0 aromatic rings. The zero-order chi connectivity index (χ0) is 9.64. The Bertz CT molecular complexity index is 190. The summed E-state index contributed by atoms with van der Waals surface area (Å²) in [7, 11) is 0. The molecule has 2 saturated heterocycles. The number of rotatable bonds is 2. The molecule has 0 radical (unpaired) electrons. The molecule has 0 N–H and O–H groups in total. The lowest BCUT2D eigenvalue weighted by atomic mass is 10.2. The molecule has 0 aromatic heterocycles. The fourth-order valence-electron chi connectivity index (χ4n) is 2.40. The summed E-state index contributed by atoms with van der Waals surface area (Å²) >= 11 is 0. The minimum atomic E-state index is 0.488. The van der Waals surface area contributed by atoms with Crippen LogP contribution in [0.1, 0.15) is 40.5 Å². The van der Waals surface area contributed by atoms with Crippen molar-refractivity contribution in [2.75, 3.05) is 13.2 Å². The first-order valence-corrected chi connectivity index (χ1v) is 5.51. The van der Waals surface area contributed by atoms with E-state index in [2.05, 4.69) is 37.5 Å². The topological polar surface area (TPSA) is 6.25 Å². The average molecular weight is 182 g/mol. The van der Waals surface area contributed by atoms with Gasteiger partial charge in [-0.2, -0.15) is 0 Å². The monoisotopic (exact) mass is 182 g/mol. The molecule has 2 nitrogen and oxygen atoms in total. The highest BCUT2D eigenvalue weighted by molar-refractivity contribution is 5.00. The Labute approximate surface area is 81.9 Å². The van der Waals surface area contributed by atoms with Gasteiger partial charge in [-0.1, -0.05) is 0 Å². The summed E-state index contributed by atoms with van der Waals surface area (Å²) in [6.07, 6.45) is 2.77. The first kappa shape index (κ1) is 9.47. The summed E-state index contributed by atoms with van der Waals surface area (Å²) in [5.74, 6) is 0. The van der Waals surface area contributed by atoms with Gasteiger partial charge < -0.3 is 0 Å². The van der Waals surface area contributed by atoms with E-state index in [0.717, 1.165) is 12.1 Å². The Morgan fingerprint density at radius 3 is 2.00 bits per heavy atom. The van der Waals surface area contributed by atoms with Crippen LogP contribution in [-0.2, 0) is 0 Å². The van der Waals surface area contributed by atoms with Crippen molar-refractivity contribution in [1.82, 2.24) is 9.80 Å². The third-order valence-electron chi connectivity index (χ3n) is 3.80. The van der Waals surface area contributed by atoms with Gasteiger partial charge in [-0.25, -0.2) is 0 Å². The zero-order valence-corrected chi connectivity index (χ0v) is 9.38. The van der Waals surface area contributed by atoms with Crippen molar-refractivity contribution in [3.63, 3.8) is 0 Å². The maximum Gasteiger partial charge on any atom is 0.0517 e. The van der Waals surface area contributed by atoms with E-state index in [-0.39, 0.29) is 0 Å². The number of likely N-dealkylation sites (tertiary alicyclic amines) is 1. The Kier molecular flexibility index (Phi) is 2.16. The van der Waals surface area contributed by atoms with Crippen LogP contribution in [0.25, 0.3) is 0 Å². The van der Waals surface area contributed by atoms with E-state index in [9.17, 15) is 0 Å². The maximum absolute atomic E-state index is 2.65. The minimum Gasteiger partial charge on any atom is -0.285 e. The molecule has 3 atom stereocenters. The van der Waals surface area contributed by atoms with Gasteiger partial charge in [0.1, 0.15) is 0 Å². The van der Waals surface area contributed by atoms with Crippen molar-refractivity contribution in [3.05, 3.63) is 0 Å². The molecular weight excluding hydrogens is 160 g/mol. The van der Waals surface area contributed by atoms with Crippen molar-refractivity contribution in [1.29, 1.82) is 0 Å². The second-order valence-corrected chi connectivity index (χ2v) is 5.44. The van der Waals surface area contributed by atoms with Crippen LogP contribution < -0.4 is 0 Å². The fourth-order valence-corrected chi connectivity index (χ4v) is 2.40. The van der Waals surface area contributed by atoms with Crippen LogP contribution in [0.5, 0.6) is 0 Å². The zero-order valence-electron chi connectivity index (χ0n) is 9.38. The SMILES string of the molecule is CC1CCC(C)N1CN1CC1(C)C. The minimum absolute atomic E-state index is 0.488. The fraction of sp³-hybridized carbons (Fsp3) is 1.00. The van der Waals surface area contributed by atoms with Crippen molar-refractivity contribution in [2.45, 2.75) is 58.2 Å². The van der Waals surface area contributed by atoms with Crippen molar-refractivity contribution < 1.29 is 0 Å². The normalized spacial score (nSPS) is 43.8. The second kappa shape index (κ2) is 2.96. The second-order valence-electron chi connectivity index (χ2n) is 5.44. The van der Waals surface area contributed by atoms with Crippen molar-refractivity contribution >= 4 is 0 Å². The summed E-state index contributed by atoms with van der Waals surface area (Å²) in [6.45, 7) is 11.9. The van der Waals surface area contributed by atoms with Crippen LogP contribution in [0.4, 0.5) is 0 Å². The van der Waals surface area contributed by atoms with Crippen LogP contribution in [-0.4, -0.2) is 40.6 Å². The lowest BCUT2D eigenvalue weighted by molar-refractivity contribution is 0.150. The first-order valence-electron chi connectivity index (χ1n) is 5.51. The first-order chi connectivity index (χ1) is 6.00. The maximum atomic E-state index is 2.65. The molecule has 2 aliphatic rings. The van der Waals surface area contributed by atoms with Crippen LogP contribution >= 0.6 is 0 Å². The summed E-state index contributed by atoms with van der Waals surface area (Å²) < 4.78 is 0. The van der Waals surface area contributed by atoms with E-state index in [1.165, 1.54) is 26.1 Å². The van der Waals surface area contributed by atoms with Crippen LogP contribution in [0.15, 0.2) is 0 Å². The van der Waals surface area contributed by atoms with E-state index in [1.54, 1.807) is 0 Å². The van der Waals surface area contributed by atoms with E-state index in [4.69, 9.17) is 0 Å². The van der Waals surface area contributed by atoms with E-state index >= 15 is 0 Å². The summed E-state index contributed by atoms with van der Waals surface area (Å²) in [4.78, 5) is 5.21. The summed E-state index contributed by atoms with van der Waals surface area (Å²) in [5.41, 5.74) is 0.488. The number of hydrogen-bond acceptors (Lipinski definition) is 2. The summed E-state index contributed by atoms with van der Waals surface area (Å²) in [6, 6.07) is 1.60. The predicted molar refractivity (Wildman–Crippen MR) is 55.6 cm³/mol. The molecule has 3 unspecified atom stereocenters. The average Bonchev–Trinajstić information content (AvgIpc) is 2.52. The molecule has 0 saturated carbocycles. The molecular formula is C11H22N2. The van der Waals surface area contributed by atoms with E-state index < -0.39 is 0 Å². The molecule has 2 aliphatic heterocycles. The Balaban J connectivity index is 1.88. The Morgan fingerprint density at radius 1 is 1.15 bits per heavy atom. The van der Waals surface area contributed by atoms with Gasteiger partial charge in [0.2, 0.25) is 0 Å². The van der Waals surface area contributed by atoms with Crippen LogP contribution in [0.2, 0.25) is 0 Å².